The highest BCUT2D eigenvalue weighted by Gasteiger charge is 2.18. The Kier molecular flexibility index (Phi) is 4.51. The van der Waals surface area contributed by atoms with Crippen LogP contribution in [0, 0.1) is 0 Å². The molecule has 0 spiro atoms. The van der Waals surface area contributed by atoms with Gasteiger partial charge in [0.25, 0.3) is 0 Å². The van der Waals surface area contributed by atoms with Gasteiger partial charge in [0, 0.05) is 10.8 Å². The molecule has 5 aromatic rings. The van der Waals surface area contributed by atoms with Crippen molar-refractivity contribution in [3.8, 4) is 28.0 Å². The molecule has 0 unspecified atom stereocenters. The minimum absolute atomic E-state index is 0.353. The van der Waals surface area contributed by atoms with Gasteiger partial charge in [0.1, 0.15) is 5.75 Å². The van der Waals surface area contributed by atoms with E-state index in [1.54, 1.807) is 0 Å². The van der Waals surface area contributed by atoms with E-state index in [0.717, 1.165) is 27.3 Å². The van der Waals surface area contributed by atoms with Crippen LogP contribution in [0.15, 0.2) is 103 Å². The van der Waals surface area contributed by atoms with Crippen LogP contribution in [0.5, 0.6) is 5.75 Å². The molecule has 0 heterocycles. The summed E-state index contributed by atoms with van der Waals surface area (Å²) in [4.78, 5) is 0. The molecule has 0 fully saturated rings. The van der Waals surface area contributed by atoms with Crippen molar-refractivity contribution in [3.05, 3.63) is 103 Å². The number of fused-ring (bicyclic) bond motifs is 2. The smallest absolute Gasteiger partial charge is 0.504 e. The fraction of sp³-hybridized carbons (Fsp3) is 0. The van der Waals surface area contributed by atoms with Crippen molar-refractivity contribution in [2.24, 2.45) is 0 Å². The Morgan fingerprint density at radius 2 is 1.00 bits per heavy atom. The lowest BCUT2D eigenvalue weighted by Gasteiger charge is -2.19. The fourth-order valence-electron chi connectivity index (χ4n) is 4.17. The lowest BCUT2D eigenvalue weighted by molar-refractivity contribution is 0.459. The molecule has 3 heteroatoms. The van der Waals surface area contributed by atoms with Crippen molar-refractivity contribution in [1.82, 2.24) is 0 Å². The monoisotopic (exact) mass is 374 g/mol. The van der Waals surface area contributed by atoms with Gasteiger partial charge >= 0.3 is 7.69 Å². The number of hydrogen-bond acceptors (Lipinski definition) is 2. The van der Waals surface area contributed by atoms with Crippen LogP contribution in [-0.2, 0) is 0 Å². The Labute approximate surface area is 170 Å². The summed E-state index contributed by atoms with van der Waals surface area (Å²) in [5.41, 5.74) is 4.74. The normalized spacial score (nSPS) is 10.9. The maximum Gasteiger partial charge on any atom is 0.504 e. The molecule has 2 nitrogen and oxygen atoms in total. The summed E-state index contributed by atoms with van der Waals surface area (Å²) in [5, 5.41) is 13.7. The van der Waals surface area contributed by atoms with E-state index in [1.807, 2.05) is 18.2 Å². The first kappa shape index (κ1) is 17.5. The third kappa shape index (κ3) is 2.97. The highest BCUT2D eigenvalue weighted by atomic mass is 16.5. The van der Waals surface area contributed by atoms with Gasteiger partial charge in [-0.3, -0.25) is 0 Å². The van der Waals surface area contributed by atoms with E-state index < -0.39 is 0 Å². The van der Waals surface area contributed by atoms with Gasteiger partial charge in [0.05, 0.1) is 0 Å². The third-order valence-corrected chi connectivity index (χ3v) is 5.37. The van der Waals surface area contributed by atoms with Gasteiger partial charge in [-0.25, -0.2) is 0 Å². The first-order chi connectivity index (χ1) is 14.4. The van der Waals surface area contributed by atoms with E-state index in [9.17, 15) is 5.02 Å². The van der Waals surface area contributed by atoms with E-state index in [2.05, 4.69) is 84.9 Å². The van der Waals surface area contributed by atoms with E-state index in [-0.39, 0.29) is 7.69 Å². The zero-order valence-corrected chi connectivity index (χ0v) is 15.9. The van der Waals surface area contributed by atoms with Crippen molar-refractivity contribution in [2.45, 2.75) is 0 Å². The van der Waals surface area contributed by atoms with Crippen LogP contribution in [0.2, 0.25) is 0 Å². The van der Waals surface area contributed by atoms with Gasteiger partial charge in [-0.05, 0) is 33.0 Å². The molecular weight excluding hydrogens is 355 g/mol. The quantitative estimate of drug-likeness (QED) is 0.310. The summed E-state index contributed by atoms with van der Waals surface area (Å²) < 4.78 is 5.69. The maximum atomic E-state index is 9.50. The highest BCUT2D eigenvalue weighted by Crippen LogP contribution is 2.45. The van der Waals surface area contributed by atoms with Crippen molar-refractivity contribution in [1.29, 1.82) is 0 Å². The molecule has 5 aromatic carbocycles. The Hall–Kier alpha value is -3.56. The zero-order chi connectivity index (χ0) is 19.6. The van der Waals surface area contributed by atoms with Gasteiger partial charge in [-0.1, -0.05) is 103 Å². The predicted molar refractivity (Wildman–Crippen MR) is 122 cm³/mol. The highest BCUT2D eigenvalue weighted by molar-refractivity contribution is 6.23. The van der Waals surface area contributed by atoms with E-state index in [0.29, 0.717) is 0 Å². The van der Waals surface area contributed by atoms with Gasteiger partial charge < -0.3 is 9.68 Å². The van der Waals surface area contributed by atoms with Gasteiger partial charge in [-0.15, -0.1) is 0 Å². The average molecular weight is 374 g/mol. The topological polar surface area (TPSA) is 29.5 Å². The third-order valence-electron chi connectivity index (χ3n) is 5.37. The van der Waals surface area contributed by atoms with Crippen molar-refractivity contribution in [2.75, 3.05) is 0 Å². The summed E-state index contributed by atoms with van der Waals surface area (Å²) >= 11 is 0. The number of hydrogen-bond donors (Lipinski definition) is 1. The molecule has 138 valence electrons. The first-order valence-electron chi connectivity index (χ1n) is 9.70. The fourth-order valence-corrected chi connectivity index (χ4v) is 4.17. The van der Waals surface area contributed by atoms with Crippen LogP contribution < -0.4 is 4.65 Å². The minimum Gasteiger partial charge on any atom is -0.538 e. The maximum absolute atomic E-state index is 9.50. The van der Waals surface area contributed by atoms with Crippen LogP contribution in [0.4, 0.5) is 0 Å². The van der Waals surface area contributed by atoms with Crippen molar-refractivity contribution < 1.29 is 9.68 Å². The molecule has 0 saturated heterocycles. The second-order valence-electron chi connectivity index (χ2n) is 6.98. The van der Waals surface area contributed by atoms with Crippen LogP contribution in [-0.4, -0.2) is 12.7 Å². The van der Waals surface area contributed by atoms with Crippen LogP contribution >= 0.6 is 0 Å². The molecule has 0 saturated carbocycles. The van der Waals surface area contributed by atoms with Crippen LogP contribution in [0.3, 0.4) is 0 Å². The Bertz CT molecular complexity index is 1260. The summed E-state index contributed by atoms with van der Waals surface area (Å²) in [5.74, 6) is 0.722. The van der Waals surface area contributed by atoms with Gasteiger partial charge in [0.2, 0.25) is 0 Å². The standard InChI is InChI=1S/C26H19BO2/c28-27-29-26-23-16-8-6-14-21(23)25(22-15-7-9-17-24(22)26)20-13-5-4-12-19(20)18-10-2-1-3-11-18/h1-17,27-28H. The molecule has 0 atom stereocenters. The van der Waals surface area contributed by atoms with Crippen molar-refractivity contribution in [3.63, 3.8) is 0 Å². The summed E-state index contributed by atoms with van der Waals surface area (Å²) in [6, 6.07) is 35.5. The average Bonchev–Trinajstić information content (AvgIpc) is 2.80. The largest absolute Gasteiger partial charge is 0.538 e. The lowest BCUT2D eigenvalue weighted by Crippen LogP contribution is -2.02. The van der Waals surface area contributed by atoms with E-state index >= 15 is 0 Å². The van der Waals surface area contributed by atoms with E-state index in [4.69, 9.17) is 4.65 Å². The Morgan fingerprint density at radius 1 is 0.517 bits per heavy atom. The second kappa shape index (κ2) is 7.46. The predicted octanol–water partition coefficient (Wildman–Crippen LogP) is 5.96. The molecule has 1 N–H and O–H groups in total. The summed E-state index contributed by atoms with van der Waals surface area (Å²) in [7, 11) is -0.353. The van der Waals surface area contributed by atoms with Crippen LogP contribution in [0.25, 0.3) is 43.8 Å². The zero-order valence-electron chi connectivity index (χ0n) is 15.9. The number of rotatable bonds is 4. The molecule has 0 aliphatic carbocycles. The molecule has 0 amide bonds. The lowest BCUT2D eigenvalue weighted by atomic mass is 9.87. The van der Waals surface area contributed by atoms with Crippen LogP contribution in [0.1, 0.15) is 0 Å². The summed E-state index contributed by atoms with van der Waals surface area (Å²) in [6.45, 7) is 0. The van der Waals surface area contributed by atoms with Gasteiger partial charge in [0.15, 0.2) is 0 Å². The van der Waals surface area contributed by atoms with E-state index in [1.165, 1.54) is 22.3 Å². The molecule has 0 aromatic heterocycles. The molecular formula is C26H19BO2. The Morgan fingerprint density at radius 3 is 1.59 bits per heavy atom. The second-order valence-corrected chi connectivity index (χ2v) is 6.98. The first-order valence-corrected chi connectivity index (χ1v) is 9.70. The molecule has 0 radical (unpaired) electrons. The minimum atomic E-state index is -0.353. The number of benzene rings is 5. The SMILES string of the molecule is OBOc1c2ccccc2c(-c2ccccc2-c2ccccc2)c2ccccc12. The molecule has 0 aliphatic rings. The van der Waals surface area contributed by atoms with Crippen molar-refractivity contribution >= 4 is 29.2 Å². The molecule has 0 aliphatic heterocycles. The Balaban J connectivity index is 1.94. The molecule has 0 bridgehead atoms. The van der Waals surface area contributed by atoms with Gasteiger partial charge in [-0.2, -0.15) is 0 Å². The molecule has 5 rings (SSSR count). The molecule has 29 heavy (non-hydrogen) atoms. The summed E-state index contributed by atoms with van der Waals surface area (Å²) in [6.07, 6.45) is 0.